The Morgan fingerprint density at radius 3 is 2.73 bits per heavy atom. The Bertz CT molecular complexity index is 1190. The Morgan fingerprint density at radius 2 is 2.09 bits per heavy atom. The van der Waals surface area contributed by atoms with E-state index < -0.39 is 29.2 Å². The lowest BCUT2D eigenvalue weighted by Crippen LogP contribution is -2.71. The fraction of sp³-hybridized carbons (Fsp3) is 0.150. The summed E-state index contributed by atoms with van der Waals surface area (Å²) < 4.78 is 0. The number of nitrogens with two attached hydrogens (primary N) is 1. The van der Waals surface area contributed by atoms with Gasteiger partial charge in [-0.2, -0.15) is 0 Å². The molecule has 2 aromatic rings. The number of carbonyl (C=O) groups is 3. The van der Waals surface area contributed by atoms with Crippen LogP contribution < -0.4 is 11.1 Å². The van der Waals surface area contributed by atoms with Gasteiger partial charge in [-0.3, -0.25) is 14.5 Å². The molecule has 10 nitrogen and oxygen atoms in total. The van der Waals surface area contributed by atoms with Gasteiger partial charge in [-0.15, -0.1) is 23.1 Å². The predicted octanol–water partition coefficient (Wildman–Crippen LogP) is 1.95. The average molecular weight is 504 g/mol. The molecular formula is C20H17N5O5S3. The first kappa shape index (κ1) is 22.9. The van der Waals surface area contributed by atoms with E-state index in [2.05, 4.69) is 15.5 Å². The number of fused-ring (bicyclic) bond motifs is 1. The fourth-order valence-corrected chi connectivity index (χ4v) is 5.85. The van der Waals surface area contributed by atoms with Gasteiger partial charge in [-0.25, -0.2) is 9.78 Å². The van der Waals surface area contributed by atoms with Crippen molar-refractivity contribution < 1.29 is 24.7 Å². The van der Waals surface area contributed by atoms with Crippen LogP contribution in [0.5, 0.6) is 0 Å². The minimum Gasteiger partial charge on any atom is -0.477 e. The molecule has 0 bridgehead atoms. The van der Waals surface area contributed by atoms with Crippen molar-refractivity contribution in [2.45, 2.75) is 16.3 Å². The molecule has 13 heteroatoms. The molecule has 2 unspecified atom stereocenters. The van der Waals surface area contributed by atoms with Gasteiger partial charge in [0.1, 0.15) is 22.8 Å². The van der Waals surface area contributed by atoms with E-state index in [9.17, 15) is 24.7 Å². The molecule has 2 atom stereocenters. The largest absolute Gasteiger partial charge is 0.477 e. The molecular weight excluding hydrogens is 486 g/mol. The minimum absolute atomic E-state index is 0.0758. The number of nitrogen functional groups attached to an aromatic ring is 1. The van der Waals surface area contributed by atoms with Gasteiger partial charge in [0.15, 0.2) is 10.8 Å². The molecule has 170 valence electrons. The summed E-state index contributed by atoms with van der Waals surface area (Å²) in [6.07, 6.45) is 1.69. The van der Waals surface area contributed by atoms with Crippen molar-refractivity contribution >= 4 is 63.5 Å². The van der Waals surface area contributed by atoms with Crippen LogP contribution in [0.2, 0.25) is 0 Å². The van der Waals surface area contributed by atoms with Gasteiger partial charge in [0.25, 0.3) is 11.8 Å². The molecule has 1 fully saturated rings. The molecule has 0 aliphatic carbocycles. The number of benzene rings is 1. The number of anilines is 1. The average Bonchev–Trinajstić information content (AvgIpc) is 3.23. The first-order valence-corrected chi connectivity index (χ1v) is 12.2. The molecule has 4 rings (SSSR count). The molecule has 2 aliphatic heterocycles. The summed E-state index contributed by atoms with van der Waals surface area (Å²) in [6, 6.07) is 8.62. The molecule has 33 heavy (non-hydrogen) atoms. The van der Waals surface area contributed by atoms with E-state index in [0.29, 0.717) is 11.3 Å². The van der Waals surface area contributed by atoms with Crippen molar-refractivity contribution in [2.24, 2.45) is 5.16 Å². The molecule has 1 aromatic heterocycles. The van der Waals surface area contributed by atoms with Gasteiger partial charge in [0, 0.05) is 16.0 Å². The van der Waals surface area contributed by atoms with Crippen molar-refractivity contribution in [1.29, 1.82) is 0 Å². The first-order valence-electron chi connectivity index (χ1n) is 9.44. The van der Waals surface area contributed by atoms with Crippen molar-refractivity contribution in [1.82, 2.24) is 15.2 Å². The number of rotatable bonds is 7. The summed E-state index contributed by atoms with van der Waals surface area (Å²) in [7, 11) is 0. The van der Waals surface area contributed by atoms with Crippen molar-refractivity contribution in [3.05, 3.63) is 64.2 Å². The van der Waals surface area contributed by atoms with Gasteiger partial charge in [-0.1, -0.05) is 35.1 Å². The third-order valence-corrected chi connectivity index (χ3v) is 7.58. The van der Waals surface area contributed by atoms with E-state index >= 15 is 0 Å². The van der Waals surface area contributed by atoms with Crippen LogP contribution >= 0.6 is 34.9 Å². The fourth-order valence-electron chi connectivity index (χ4n) is 3.28. The standard InChI is InChI=1S/C20H17N5O5S3/c21-20-22-12(9-33-20)13(24-30)16(26)23-14-17(27)25-15(19(28)29)10(8-32-18(14)25)6-7-31-11-4-2-1-3-5-11/h1-7,9,14,18,30H,8H2,(H2,21,22)(H,23,26)(H,28,29)/b7-6+,24-13-. The number of carboxylic acid groups (broad SMARTS) is 1. The van der Waals surface area contributed by atoms with Crippen LogP contribution in [-0.4, -0.2) is 60.9 Å². The summed E-state index contributed by atoms with van der Waals surface area (Å²) >= 11 is 3.84. The molecule has 5 N–H and O–H groups in total. The Morgan fingerprint density at radius 1 is 1.33 bits per heavy atom. The van der Waals surface area contributed by atoms with Gasteiger partial charge < -0.3 is 21.4 Å². The number of aliphatic carboxylic acids is 1. The van der Waals surface area contributed by atoms with Crippen LogP contribution in [0, 0.1) is 0 Å². The molecule has 2 aliphatic rings. The third kappa shape index (κ3) is 4.60. The number of aromatic nitrogens is 1. The van der Waals surface area contributed by atoms with E-state index in [-0.39, 0.29) is 22.2 Å². The number of hydrogen-bond donors (Lipinski definition) is 4. The van der Waals surface area contributed by atoms with Crippen LogP contribution in [0.15, 0.2) is 68.5 Å². The lowest BCUT2D eigenvalue weighted by molar-refractivity contribution is -0.150. The van der Waals surface area contributed by atoms with Gasteiger partial charge in [0.2, 0.25) is 0 Å². The highest BCUT2D eigenvalue weighted by molar-refractivity contribution is 8.02. The zero-order valence-corrected chi connectivity index (χ0v) is 19.2. The second-order valence-electron chi connectivity index (χ2n) is 6.79. The highest BCUT2D eigenvalue weighted by atomic mass is 32.2. The number of hydrogen-bond acceptors (Lipinski definition) is 10. The molecule has 1 aromatic carbocycles. The van der Waals surface area contributed by atoms with Crippen molar-refractivity contribution in [3.63, 3.8) is 0 Å². The van der Waals surface area contributed by atoms with Crippen molar-refractivity contribution in [3.8, 4) is 0 Å². The van der Waals surface area contributed by atoms with Gasteiger partial charge in [-0.05, 0) is 29.2 Å². The maximum Gasteiger partial charge on any atom is 0.352 e. The van der Waals surface area contributed by atoms with Gasteiger partial charge in [0.05, 0.1) is 0 Å². The summed E-state index contributed by atoms with van der Waals surface area (Å²) in [4.78, 5) is 43.4. The molecule has 0 spiro atoms. The number of oxime groups is 1. The minimum atomic E-state index is -1.22. The number of carbonyl (C=O) groups excluding carboxylic acids is 2. The van der Waals surface area contributed by atoms with Crippen LogP contribution in [0.4, 0.5) is 5.13 Å². The molecule has 0 saturated carbocycles. The summed E-state index contributed by atoms with van der Waals surface area (Å²) in [5.74, 6) is -2.25. The predicted molar refractivity (Wildman–Crippen MR) is 126 cm³/mol. The smallest absolute Gasteiger partial charge is 0.352 e. The highest BCUT2D eigenvalue weighted by Crippen LogP contribution is 2.41. The summed E-state index contributed by atoms with van der Waals surface area (Å²) in [6.45, 7) is 0. The zero-order chi connectivity index (χ0) is 23.5. The summed E-state index contributed by atoms with van der Waals surface area (Å²) in [5.41, 5.74) is 5.63. The Hall–Kier alpha value is -3.29. The topological polar surface area (TPSA) is 158 Å². The number of thioether (sulfide) groups is 2. The Balaban J connectivity index is 1.48. The Kier molecular flexibility index (Phi) is 6.72. The van der Waals surface area contributed by atoms with Crippen LogP contribution in [0.1, 0.15) is 5.69 Å². The van der Waals surface area contributed by atoms with Gasteiger partial charge >= 0.3 is 5.97 Å². The summed E-state index contributed by atoms with van der Waals surface area (Å²) in [5, 5.41) is 27.3. The maximum absolute atomic E-state index is 12.8. The third-order valence-electron chi connectivity index (χ3n) is 4.78. The van der Waals surface area contributed by atoms with E-state index in [1.54, 1.807) is 11.5 Å². The number of carboxylic acids is 1. The maximum atomic E-state index is 12.8. The van der Waals surface area contributed by atoms with E-state index in [1.807, 2.05) is 30.3 Å². The van der Waals surface area contributed by atoms with Crippen LogP contribution in [0.3, 0.4) is 0 Å². The van der Waals surface area contributed by atoms with E-state index in [1.165, 1.54) is 33.8 Å². The number of thiazole rings is 1. The Labute approximate surface area is 200 Å². The number of β-lactam (4-membered cyclic amide) rings is 1. The van der Waals surface area contributed by atoms with E-state index in [0.717, 1.165) is 16.2 Å². The molecule has 3 heterocycles. The number of amides is 2. The highest BCUT2D eigenvalue weighted by Gasteiger charge is 2.54. The zero-order valence-electron chi connectivity index (χ0n) is 16.7. The lowest BCUT2D eigenvalue weighted by atomic mass is 10.0. The quantitative estimate of drug-likeness (QED) is 0.146. The number of nitrogens with one attached hydrogen (secondary N) is 1. The van der Waals surface area contributed by atoms with Crippen LogP contribution in [0.25, 0.3) is 0 Å². The number of nitrogens with zero attached hydrogens (tertiary/aromatic N) is 3. The second-order valence-corrected chi connectivity index (χ2v) is 9.77. The normalized spacial score (nSPS) is 20.5. The second kappa shape index (κ2) is 9.68. The monoisotopic (exact) mass is 503 g/mol. The molecule has 1 saturated heterocycles. The SMILES string of the molecule is Nc1nc(/C(=N/O)C(=O)NC2C(=O)N3C(C(=O)O)=C(/C=C/Sc4ccccc4)CSC23)cs1. The molecule has 0 radical (unpaired) electrons. The van der Waals surface area contributed by atoms with E-state index in [4.69, 9.17) is 5.73 Å². The van der Waals surface area contributed by atoms with Crippen molar-refractivity contribution in [2.75, 3.05) is 11.5 Å². The molecule has 2 amide bonds. The van der Waals surface area contributed by atoms with Crippen LogP contribution in [-0.2, 0) is 14.4 Å². The lowest BCUT2D eigenvalue weighted by Gasteiger charge is -2.49. The number of allylic oxidation sites excluding steroid dienone is 1. The first-order chi connectivity index (χ1) is 15.9.